The van der Waals surface area contributed by atoms with Crippen LogP contribution in [-0.2, 0) is 9.53 Å². The zero-order chi connectivity index (χ0) is 13.8. The highest BCUT2D eigenvalue weighted by molar-refractivity contribution is 7.99. The number of hydrogen-bond acceptors (Lipinski definition) is 3. The van der Waals surface area contributed by atoms with Crippen molar-refractivity contribution in [1.82, 2.24) is 0 Å². The Kier molecular flexibility index (Phi) is 5.57. The molecule has 1 heterocycles. The van der Waals surface area contributed by atoms with E-state index in [9.17, 15) is 4.79 Å². The van der Waals surface area contributed by atoms with E-state index in [0.29, 0.717) is 0 Å². The third kappa shape index (κ3) is 3.23. The van der Waals surface area contributed by atoms with Crippen molar-refractivity contribution in [2.45, 2.75) is 65.9 Å². The van der Waals surface area contributed by atoms with Crippen LogP contribution in [0, 0.1) is 11.3 Å². The van der Waals surface area contributed by atoms with Crippen molar-refractivity contribution in [3.63, 3.8) is 0 Å². The molecule has 0 radical (unpaired) electrons. The molecule has 0 bridgehead atoms. The summed E-state index contributed by atoms with van der Waals surface area (Å²) in [6.45, 7) is 10.7. The van der Waals surface area contributed by atoms with Gasteiger partial charge in [0.05, 0.1) is 5.92 Å². The molecule has 1 saturated heterocycles. The van der Waals surface area contributed by atoms with Crippen LogP contribution in [0.15, 0.2) is 0 Å². The number of rotatable bonds is 5. The second kappa shape index (κ2) is 6.31. The van der Waals surface area contributed by atoms with E-state index in [1.54, 1.807) is 0 Å². The topological polar surface area (TPSA) is 26.3 Å². The molecule has 0 spiro atoms. The lowest BCUT2D eigenvalue weighted by molar-refractivity contribution is -0.181. The Morgan fingerprint density at radius 1 is 1.33 bits per heavy atom. The summed E-state index contributed by atoms with van der Waals surface area (Å²) in [6, 6.07) is 0. The second-order valence-electron chi connectivity index (χ2n) is 6.07. The Morgan fingerprint density at radius 3 is 2.33 bits per heavy atom. The maximum Gasteiger partial charge on any atom is 0.309 e. The van der Waals surface area contributed by atoms with Gasteiger partial charge in [0.15, 0.2) is 0 Å². The standard InChI is InChI=1S/C15H28O2S/c1-6-12(3)13(16)17-15(14(4,5)7-2)8-10-18-11-9-15/h12H,6-11H2,1-5H3. The number of carbonyl (C=O) groups is 1. The first kappa shape index (κ1) is 15.9. The lowest BCUT2D eigenvalue weighted by Crippen LogP contribution is -2.51. The molecule has 0 N–H and O–H groups in total. The Bertz CT molecular complexity index is 280. The summed E-state index contributed by atoms with van der Waals surface area (Å²) in [4.78, 5) is 12.2. The molecule has 1 aliphatic rings. The van der Waals surface area contributed by atoms with Gasteiger partial charge in [0.25, 0.3) is 0 Å². The maximum absolute atomic E-state index is 12.2. The van der Waals surface area contributed by atoms with Crippen LogP contribution in [0.25, 0.3) is 0 Å². The average molecular weight is 272 g/mol. The molecule has 0 aliphatic carbocycles. The van der Waals surface area contributed by atoms with Crippen molar-refractivity contribution >= 4 is 17.7 Å². The summed E-state index contributed by atoms with van der Waals surface area (Å²) in [5, 5.41) is 0. The Hall–Kier alpha value is -0.180. The van der Waals surface area contributed by atoms with E-state index in [1.165, 1.54) is 0 Å². The van der Waals surface area contributed by atoms with E-state index in [4.69, 9.17) is 4.74 Å². The molecule has 1 rings (SSSR count). The lowest BCUT2D eigenvalue weighted by Gasteiger charge is -2.48. The summed E-state index contributed by atoms with van der Waals surface area (Å²) in [5.41, 5.74) is -0.176. The molecule has 0 aromatic carbocycles. The molecular formula is C15H28O2S. The average Bonchev–Trinajstić information content (AvgIpc) is 2.38. The molecule has 1 fully saturated rings. The van der Waals surface area contributed by atoms with Gasteiger partial charge in [0.1, 0.15) is 5.60 Å². The SMILES string of the molecule is CCC(C)C(=O)OC1(C(C)(C)CC)CCSCC1. The summed E-state index contributed by atoms with van der Waals surface area (Å²) in [5.74, 6) is 2.23. The van der Waals surface area contributed by atoms with Crippen LogP contribution < -0.4 is 0 Å². The van der Waals surface area contributed by atoms with Crippen molar-refractivity contribution in [3.8, 4) is 0 Å². The zero-order valence-electron chi connectivity index (χ0n) is 12.5. The summed E-state index contributed by atoms with van der Waals surface area (Å²) < 4.78 is 6.04. The van der Waals surface area contributed by atoms with Gasteiger partial charge in [0.2, 0.25) is 0 Å². The van der Waals surface area contributed by atoms with E-state index in [1.807, 2.05) is 25.6 Å². The van der Waals surface area contributed by atoms with Gasteiger partial charge in [-0.15, -0.1) is 0 Å². The molecule has 0 aromatic rings. The van der Waals surface area contributed by atoms with Crippen LogP contribution in [0.1, 0.15) is 60.3 Å². The van der Waals surface area contributed by atoms with Gasteiger partial charge in [-0.05, 0) is 37.2 Å². The van der Waals surface area contributed by atoms with Crippen molar-refractivity contribution in [2.75, 3.05) is 11.5 Å². The van der Waals surface area contributed by atoms with Crippen LogP contribution in [0.5, 0.6) is 0 Å². The zero-order valence-corrected chi connectivity index (χ0v) is 13.4. The van der Waals surface area contributed by atoms with Crippen molar-refractivity contribution < 1.29 is 9.53 Å². The second-order valence-corrected chi connectivity index (χ2v) is 7.30. The highest BCUT2D eigenvalue weighted by atomic mass is 32.2. The van der Waals surface area contributed by atoms with Gasteiger partial charge in [0, 0.05) is 5.41 Å². The van der Waals surface area contributed by atoms with Gasteiger partial charge < -0.3 is 4.74 Å². The summed E-state index contributed by atoms with van der Waals surface area (Å²) >= 11 is 1.97. The number of thioether (sulfide) groups is 1. The summed E-state index contributed by atoms with van der Waals surface area (Å²) in [7, 11) is 0. The summed E-state index contributed by atoms with van der Waals surface area (Å²) in [6.07, 6.45) is 3.91. The predicted octanol–water partition coefficient (Wildman–Crippen LogP) is 4.28. The molecule has 1 unspecified atom stereocenters. The van der Waals surface area contributed by atoms with E-state index < -0.39 is 0 Å². The fourth-order valence-corrected chi connectivity index (χ4v) is 3.55. The van der Waals surface area contributed by atoms with Crippen LogP contribution in [0.3, 0.4) is 0 Å². The quantitative estimate of drug-likeness (QED) is 0.699. The normalized spacial score (nSPS) is 21.4. The molecule has 0 saturated carbocycles. The Balaban J connectivity index is 2.88. The minimum Gasteiger partial charge on any atom is -0.458 e. The Morgan fingerprint density at radius 2 is 1.89 bits per heavy atom. The minimum atomic E-state index is -0.243. The van der Waals surface area contributed by atoms with Gasteiger partial charge in [-0.1, -0.05) is 34.6 Å². The van der Waals surface area contributed by atoms with Crippen LogP contribution in [-0.4, -0.2) is 23.1 Å². The van der Waals surface area contributed by atoms with Gasteiger partial charge in [-0.25, -0.2) is 0 Å². The third-order valence-electron chi connectivity index (χ3n) is 4.73. The first-order valence-corrected chi connectivity index (χ1v) is 8.34. The number of hydrogen-bond donors (Lipinski definition) is 0. The molecular weight excluding hydrogens is 244 g/mol. The fraction of sp³-hybridized carbons (Fsp3) is 0.933. The lowest BCUT2D eigenvalue weighted by atomic mass is 9.69. The van der Waals surface area contributed by atoms with Gasteiger partial charge in [-0.3, -0.25) is 4.79 Å². The molecule has 1 aliphatic heterocycles. The van der Waals surface area contributed by atoms with E-state index in [0.717, 1.165) is 37.2 Å². The van der Waals surface area contributed by atoms with E-state index in [2.05, 4.69) is 20.8 Å². The molecule has 106 valence electrons. The van der Waals surface area contributed by atoms with Crippen LogP contribution >= 0.6 is 11.8 Å². The predicted molar refractivity (Wildman–Crippen MR) is 78.9 cm³/mol. The first-order chi connectivity index (χ1) is 8.38. The van der Waals surface area contributed by atoms with Crippen LogP contribution in [0.4, 0.5) is 0 Å². The molecule has 2 nitrogen and oxygen atoms in total. The molecule has 18 heavy (non-hydrogen) atoms. The van der Waals surface area contributed by atoms with Gasteiger partial charge >= 0.3 is 5.97 Å². The van der Waals surface area contributed by atoms with Crippen LogP contribution in [0.2, 0.25) is 0 Å². The monoisotopic (exact) mass is 272 g/mol. The largest absolute Gasteiger partial charge is 0.458 e. The van der Waals surface area contributed by atoms with E-state index >= 15 is 0 Å². The smallest absolute Gasteiger partial charge is 0.309 e. The number of ether oxygens (including phenoxy) is 1. The minimum absolute atomic E-state index is 0.00840. The first-order valence-electron chi connectivity index (χ1n) is 7.19. The fourth-order valence-electron chi connectivity index (χ4n) is 2.40. The van der Waals surface area contributed by atoms with Crippen molar-refractivity contribution in [1.29, 1.82) is 0 Å². The van der Waals surface area contributed by atoms with Gasteiger partial charge in [-0.2, -0.15) is 11.8 Å². The number of esters is 1. The van der Waals surface area contributed by atoms with E-state index in [-0.39, 0.29) is 22.9 Å². The maximum atomic E-state index is 12.2. The Labute approximate surface area is 116 Å². The molecule has 1 atom stereocenters. The molecule has 3 heteroatoms. The van der Waals surface area contributed by atoms with Crippen molar-refractivity contribution in [2.24, 2.45) is 11.3 Å². The number of carbonyl (C=O) groups excluding carboxylic acids is 1. The highest BCUT2D eigenvalue weighted by Gasteiger charge is 2.48. The highest BCUT2D eigenvalue weighted by Crippen LogP contribution is 2.46. The van der Waals surface area contributed by atoms with Crippen molar-refractivity contribution in [3.05, 3.63) is 0 Å². The molecule has 0 amide bonds. The molecule has 0 aromatic heterocycles. The third-order valence-corrected chi connectivity index (χ3v) is 5.71.